The Morgan fingerprint density at radius 3 is 2.54 bits per heavy atom. The molecule has 3 N–H and O–H groups in total. The van der Waals surface area contributed by atoms with E-state index in [0.29, 0.717) is 12.2 Å². The highest BCUT2D eigenvalue weighted by Gasteiger charge is 2.26. The van der Waals surface area contributed by atoms with Gasteiger partial charge in [0.2, 0.25) is 0 Å². The maximum atomic E-state index is 13.1. The largest absolute Gasteiger partial charge is 0.496 e. The number of carbonyl (C=O) groups is 1. The Kier molecular flexibility index (Phi) is 6.88. The number of aryl methyl sites for hydroxylation is 1. The van der Waals surface area contributed by atoms with Gasteiger partial charge in [-0.15, -0.1) is 0 Å². The Morgan fingerprint density at radius 1 is 1.14 bits per heavy atom. The van der Waals surface area contributed by atoms with Crippen LogP contribution in [0.15, 0.2) is 36.4 Å². The summed E-state index contributed by atoms with van der Waals surface area (Å²) >= 11 is 5.97. The van der Waals surface area contributed by atoms with Crippen molar-refractivity contribution in [2.45, 2.75) is 13.5 Å². The molecule has 0 saturated carbocycles. The van der Waals surface area contributed by atoms with Gasteiger partial charge in [-0.1, -0.05) is 23.2 Å². The molecule has 0 atom stereocenters. The third-order valence-electron chi connectivity index (χ3n) is 5.16. The van der Waals surface area contributed by atoms with Crippen LogP contribution in [0.5, 0.6) is 5.75 Å². The van der Waals surface area contributed by atoms with Crippen LogP contribution in [0, 0.1) is 12.7 Å². The summed E-state index contributed by atoms with van der Waals surface area (Å²) < 4.78 is 18.6. The summed E-state index contributed by atoms with van der Waals surface area (Å²) in [5, 5.41) is 2.99. The molecule has 0 unspecified atom stereocenters. The van der Waals surface area contributed by atoms with Crippen LogP contribution in [0.2, 0.25) is 5.02 Å². The molecule has 0 bridgehead atoms. The molecule has 150 valence electrons. The lowest BCUT2D eigenvalue weighted by Crippen LogP contribution is -3.28. The van der Waals surface area contributed by atoms with Gasteiger partial charge in [0, 0.05) is 5.56 Å². The summed E-state index contributed by atoms with van der Waals surface area (Å²) in [4.78, 5) is 15.0. The molecule has 2 aromatic rings. The second kappa shape index (κ2) is 9.37. The van der Waals surface area contributed by atoms with Crippen molar-refractivity contribution in [1.29, 1.82) is 0 Å². The molecule has 0 aromatic heterocycles. The molecule has 1 aliphatic heterocycles. The standard InChI is InChI=1S/C21H25ClFN3O2/c1-15-3-6-20(28-2)16(11-15)13-25-7-9-26(10-8-25)14-21(27)24-19-5-4-17(23)12-18(19)22/h3-6,11-12H,7-10,13-14H2,1-2H3,(H,24,27)/p+2. The molecule has 1 saturated heterocycles. The van der Waals surface area contributed by atoms with Crippen molar-refractivity contribution in [3.05, 3.63) is 58.4 Å². The van der Waals surface area contributed by atoms with Gasteiger partial charge in [-0.25, -0.2) is 4.39 Å². The number of carbonyl (C=O) groups excluding carboxylic acids is 1. The van der Waals surface area contributed by atoms with E-state index in [1.165, 1.54) is 39.1 Å². The molecular weight excluding hydrogens is 381 g/mol. The zero-order chi connectivity index (χ0) is 20.1. The number of halogens is 2. The van der Waals surface area contributed by atoms with Crippen molar-refractivity contribution >= 4 is 23.2 Å². The van der Waals surface area contributed by atoms with Crippen LogP contribution in [0.25, 0.3) is 0 Å². The number of quaternary nitrogens is 2. The molecule has 1 heterocycles. The van der Waals surface area contributed by atoms with E-state index in [2.05, 4.69) is 24.4 Å². The van der Waals surface area contributed by atoms with Crippen LogP contribution in [-0.4, -0.2) is 45.7 Å². The van der Waals surface area contributed by atoms with Crippen molar-refractivity contribution in [2.75, 3.05) is 45.2 Å². The lowest BCUT2D eigenvalue weighted by molar-refractivity contribution is -1.02. The third-order valence-corrected chi connectivity index (χ3v) is 5.47. The summed E-state index contributed by atoms with van der Waals surface area (Å²) in [6.07, 6.45) is 0. The first-order chi connectivity index (χ1) is 13.4. The maximum Gasteiger partial charge on any atom is 0.279 e. The topological polar surface area (TPSA) is 47.2 Å². The van der Waals surface area contributed by atoms with Crippen LogP contribution in [0.3, 0.4) is 0 Å². The number of benzene rings is 2. The van der Waals surface area contributed by atoms with E-state index in [1.54, 1.807) is 7.11 Å². The fraction of sp³-hybridized carbons (Fsp3) is 0.381. The van der Waals surface area contributed by atoms with Gasteiger partial charge >= 0.3 is 0 Å². The fourth-order valence-electron chi connectivity index (χ4n) is 3.64. The Balaban J connectivity index is 1.49. The number of nitrogens with one attached hydrogen (secondary N) is 3. The average Bonchev–Trinajstić information content (AvgIpc) is 2.66. The molecule has 7 heteroatoms. The molecule has 5 nitrogen and oxygen atoms in total. The Morgan fingerprint density at radius 2 is 1.86 bits per heavy atom. The second-order valence-electron chi connectivity index (χ2n) is 7.34. The second-order valence-corrected chi connectivity index (χ2v) is 7.75. The van der Waals surface area contributed by atoms with E-state index >= 15 is 0 Å². The molecule has 3 rings (SSSR count). The lowest BCUT2D eigenvalue weighted by Gasteiger charge is -2.29. The zero-order valence-corrected chi connectivity index (χ0v) is 17.0. The van der Waals surface area contributed by atoms with Gasteiger partial charge in [-0.05, 0) is 37.3 Å². The average molecular weight is 408 g/mol. The Labute approximate surface area is 170 Å². The third kappa shape index (κ3) is 5.44. The number of methoxy groups -OCH3 is 1. The van der Waals surface area contributed by atoms with Crippen molar-refractivity contribution < 1.29 is 23.7 Å². The van der Waals surface area contributed by atoms with Crippen molar-refractivity contribution in [3.63, 3.8) is 0 Å². The highest BCUT2D eigenvalue weighted by atomic mass is 35.5. The number of hydrogen-bond acceptors (Lipinski definition) is 2. The van der Waals surface area contributed by atoms with Crippen molar-refractivity contribution in [2.24, 2.45) is 0 Å². The quantitative estimate of drug-likeness (QED) is 0.661. The van der Waals surface area contributed by atoms with Crippen LogP contribution < -0.4 is 19.9 Å². The SMILES string of the molecule is COc1ccc(C)cc1C[NH+]1CC[NH+](CC(=O)Nc2ccc(F)cc2Cl)CC1. The minimum atomic E-state index is -0.419. The van der Waals surface area contributed by atoms with Crippen LogP contribution in [0.4, 0.5) is 10.1 Å². The predicted octanol–water partition coefficient (Wildman–Crippen LogP) is 0.718. The summed E-state index contributed by atoms with van der Waals surface area (Å²) in [5.74, 6) is 0.411. The van der Waals surface area contributed by atoms with E-state index in [4.69, 9.17) is 16.3 Å². The number of ether oxygens (including phenoxy) is 1. The maximum absolute atomic E-state index is 13.1. The minimum Gasteiger partial charge on any atom is -0.496 e. The number of anilines is 1. The molecule has 2 aromatic carbocycles. The van der Waals surface area contributed by atoms with Gasteiger partial charge < -0.3 is 19.9 Å². The lowest BCUT2D eigenvalue weighted by atomic mass is 10.1. The molecule has 0 aliphatic carbocycles. The number of hydrogen-bond donors (Lipinski definition) is 3. The Hall–Kier alpha value is -2.15. The number of amides is 1. The minimum absolute atomic E-state index is 0.104. The van der Waals surface area contributed by atoms with E-state index in [1.807, 2.05) is 6.07 Å². The van der Waals surface area contributed by atoms with Crippen molar-refractivity contribution in [1.82, 2.24) is 0 Å². The van der Waals surface area contributed by atoms with Gasteiger partial charge in [0.1, 0.15) is 44.3 Å². The predicted molar refractivity (Wildman–Crippen MR) is 108 cm³/mol. The highest BCUT2D eigenvalue weighted by Crippen LogP contribution is 2.22. The van der Waals surface area contributed by atoms with Crippen molar-refractivity contribution in [3.8, 4) is 5.75 Å². The summed E-state index contributed by atoms with van der Waals surface area (Å²) in [6.45, 7) is 7.24. The molecule has 0 spiro atoms. The number of piperazine rings is 1. The summed E-state index contributed by atoms with van der Waals surface area (Å²) in [7, 11) is 1.71. The van der Waals surface area contributed by atoms with E-state index in [9.17, 15) is 9.18 Å². The van der Waals surface area contributed by atoms with E-state index in [0.717, 1.165) is 38.5 Å². The summed E-state index contributed by atoms with van der Waals surface area (Å²) in [5.41, 5.74) is 2.91. The molecule has 0 radical (unpaired) electrons. The van der Waals surface area contributed by atoms with Gasteiger partial charge in [-0.2, -0.15) is 0 Å². The fourth-order valence-corrected chi connectivity index (χ4v) is 3.85. The van der Waals surface area contributed by atoms with E-state index in [-0.39, 0.29) is 10.9 Å². The van der Waals surface area contributed by atoms with Gasteiger partial charge in [0.05, 0.1) is 17.8 Å². The van der Waals surface area contributed by atoms with Gasteiger partial charge in [0.25, 0.3) is 5.91 Å². The monoisotopic (exact) mass is 407 g/mol. The molecule has 1 aliphatic rings. The van der Waals surface area contributed by atoms with Crippen LogP contribution in [-0.2, 0) is 11.3 Å². The molecule has 28 heavy (non-hydrogen) atoms. The highest BCUT2D eigenvalue weighted by molar-refractivity contribution is 6.33. The van der Waals surface area contributed by atoms with E-state index < -0.39 is 5.82 Å². The molecule has 1 amide bonds. The van der Waals surface area contributed by atoms with Gasteiger partial charge in [-0.3, -0.25) is 4.79 Å². The smallest absolute Gasteiger partial charge is 0.279 e. The first-order valence-corrected chi connectivity index (χ1v) is 9.88. The zero-order valence-electron chi connectivity index (χ0n) is 16.3. The van der Waals surface area contributed by atoms with Gasteiger partial charge in [0.15, 0.2) is 6.54 Å². The number of rotatable bonds is 6. The normalized spacial score (nSPS) is 19.3. The Bertz CT molecular complexity index is 838. The van der Waals surface area contributed by atoms with Crippen LogP contribution in [0.1, 0.15) is 11.1 Å². The first-order valence-electron chi connectivity index (χ1n) is 9.50. The van der Waals surface area contributed by atoms with Crippen LogP contribution >= 0.6 is 11.6 Å². The molecular formula is C21H27ClFN3O2+2. The first kappa shape index (κ1) is 20.6. The molecule has 1 fully saturated rings. The summed E-state index contributed by atoms with van der Waals surface area (Å²) in [6, 6.07) is 10.2.